The topological polar surface area (TPSA) is 70.0 Å². The van der Waals surface area contributed by atoms with Gasteiger partial charge in [0.2, 0.25) is 5.91 Å². The Hall–Kier alpha value is -2.41. The first-order chi connectivity index (χ1) is 8.65. The van der Waals surface area contributed by atoms with E-state index < -0.39 is 0 Å². The summed E-state index contributed by atoms with van der Waals surface area (Å²) in [5, 5.41) is 11.2. The van der Waals surface area contributed by atoms with Crippen LogP contribution in [-0.4, -0.2) is 18.2 Å². The van der Waals surface area contributed by atoms with Gasteiger partial charge in [-0.3, -0.25) is 9.59 Å². The molecule has 0 radical (unpaired) electrons. The van der Waals surface area contributed by atoms with Crippen LogP contribution in [0.3, 0.4) is 0 Å². The standard InChI is InChI=1S/C14H14N2O2/c1-11(17)16-10-4-6-12-5-2-3-7-13(12)14(18)8-9-15/h2-7H,8,10H2,1H3,(H,16,17). The third kappa shape index (κ3) is 4.22. The molecule has 4 nitrogen and oxygen atoms in total. The molecular formula is C14H14N2O2. The van der Waals surface area contributed by atoms with Crippen LogP contribution in [0.5, 0.6) is 0 Å². The van der Waals surface area contributed by atoms with Crippen LogP contribution in [0.1, 0.15) is 29.3 Å². The number of hydrogen-bond donors (Lipinski definition) is 1. The maximum absolute atomic E-state index is 11.7. The number of Topliss-reactive ketones (excluding diaryl/α,β-unsaturated/α-hetero) is 1. The molecule has 0 spiro atoms. The van der Waals surface area contributed by atoms with Crippen LogP contribution in [0.4, 0.5) is 0 Å². The highest BCUT2D eigenvalue weighted by Gasteiger charge is 2.07. The molecule has 0 saturated heterocycles. The first-order valence-corrected chi connectivity index (χ1v) is 5.55. The molecule has 1 aromatic carbocycles. The smallest absolute Gasteiger partial charge is 0.217 e. The van der Waals surface area contributed by atoms with Crippen molar-refractivity contribution in [2.24, 2.45) is 0 Å². The molecule has 1 N–H and O–H groups in total. The number of carbonyl (C=O) groups excluding carboxylic acids is 2. The number of rotatable bonds is 5. The molecule has 4 heteroatoms. The number of amides is 1. The second kappa shape index (κ2) is 7.02. The summed E-state index contributed by atoms with van der Waals surface area (Å²) in [6.07, 6.45) is 3.40. The van der Waals surface area contributed by atoms with Crippen LogP contribution >= 0.6 is 0 Å². The number of nitrogens with one attached hydrogen (secondary N) is 1. The van der Waals surface area contributed by atoms with Crippen molar-refractivity contribution in [2.75, 3.05) is 6.54 Å². The fraction of sp³-hybridized carbons (Fsp3) is 0.214. The Morgan fingerprint density at radius 3 is 2.78 bits per heavy atom. The van der Waals surface area contributed by atoms with Crippen molar-refractivity contribution in [1.29, 1.82) is 5.26 Å². The molecule has 0 bridgehead atoms. The van der Waals surface area contributed by atoms with Crippen molar-refractivity contribution >= 4 is 17.8 Å². The third-order valence-corrected chi connectivity index (χ3v) is 2.27. The maximum atomic E-state index is 11.7. The largest absolute Gasteiger partial charge is 0.353 e. The fourth-order valence-corrected chi connectivity index (χ4v) is 1.45. The molecule has 0 aromatic heterocycles. The summed E-state index contributed by atoms with van der Waals surface area (Å²) in [5.41, 5.74) is 1.28. The van der Waals surface area contributed by atoms with Crippen LogP contribution in [0.15, 0.2) is 30.3 Å². The number of nitrogens with zero attached hydrogens (tertiary/aromatic N) is 1. The Balaban J connectivity index is 2.79. The van der Waals surface area contributed by atoms with Gasteiger partial charge in [0.25, 0.3) is 0 Å². The molecule has 18 heavy (non-hydrogen) atoms. The lowest BCUT2D eigenvalue weighted by Crippen LogP contribution is -2.19. The normalized spacial score (nSPS) is 10.0. The second-order valence-corrected chi connectivity index (χ2v) is 3.68. The Labute approximate surface area is 106 Å². The minimum Gasteiger partial charge on any atom is -0.353 e. The predicted molar refractivity (Wildman–Crippen MR) is 68.7 cm³/mol. The molecule has 0 unspecified atom stereocenters. The van der Waals surface area contributed by atoms with Gasteiger partial charge >= 0.3 is 0 Å². The first-order valence-electron chi connectivity index (χ1n) is 5.55. The van der Waals surface area contributed by atoms with Crippen LogP contribution < -0.4 is 5.32 Å². The zero-order valence-electron chi connectivity index (χ0n) is 10.1. The minimum atomic E-state index is -0.197. The molecular weight excluding hydrogens is 228 g/mol. The summed E-state index contributed by atoms with van der Waals surface area (Å²) in [5.74, 6) is -0.300. The molecule has 0 aliphatic heterocycles. The van der Waals surface area contributed by atoms with Gasteiger partial charge < -0.3 is 5.32 Å². The molecule has 1 rings (SSSR count). The average Bonchev–Trinajstić information content (AvgIpc) is 2.35. The molecule has 0 heterocycles. The second-order valence-electron chi connectivity index (χ2n) is 3.68. The Bertz CT molecular complexity index is 513. The van der Waals surface area contributed by atoms with E-state index in [9.17, 15) is 9.59 Å². The van der Waals surface area contributed by atoms with Gasteiger partial charge in [0.1, 0.15) is 0 Å². The van der Waals surface area contributed by atoms with E-state index in [-0.39, 0.29) is 18.1 Å². The summed E-state index contributed by atoms with van der Waals surface area (Å²) in [4.78, 5) is 22.4. The van der Waals surface area contributed by atoms with Crippen LogP contribution in [-0.2, 0) is 4.79 Å². The van der Waals surface area contributed by atoms with E-state index >= 15 is 0 Å². The Morgan fingerprint density at radius 2 is 2.11 bits per heavy atom. The van der Waals surface area contributed by atoms with E-state index in [1.165, 1.54) is 6.92 Å². The van der Waals surface area contributed by atoms with E-state index in [0.717, 1.165) is 5.56 Å². The van der Waals surface area contributed by atoms with Crippen LogP contribution in [0.25, 0.3) is 6.08 Å². The molecule has 92 valence electrons. The summed E-state index contributed by atoms with van der Waals surface area (Å²) >= 11 is 0. The molecule has 0 aliphatic rings. The van der Waals surface area contributed by atoms with Crippen molar-refractivity contribution in [2.45, 2.75) is 13.3 Å². The average molecular weight is 242 g/mol. The first kappa shape index (κ1) is 13.7. The van der Waals surface area contributed by atoms with E-state index in [4.69, 9.17) is 5.26 Å². The minimum absolute atomic E-state index is 0.103. The lowest BCUT2D eigenvalue weighted by atomic mass is 10.0. The Kier molecular flexibility index (Phi) is 5.33. The SMILES string of the molecule is CC(=O)NCC=Cc1ccccc1C(=O)CC#N. The van der Waals surface area contributed by atoms with Crippen LogP contribution in [0.2, 0.25) is 0 Å². The summed E-state index contributed by atoms with van der Waals surface area (Å²) in [6.45, 7) is 1.86. The highest BCUT2D eigenvalue weighted by molar-refractivity contribution is 6.00. The highest BCUT2D eigenvalue weighted by atomic mass is 16.1. The van der Waals surface area contributed by atoms with Gasteiger partial charge in [0.05, 0.1) is 12.5 Å². The molecule has 1 aromatic rings. The van der Waals surface area contributed by atoms with Gasteiger partial charge in [-0.05, 0) is 5.56 Å². The number of nitriles is 1. The van der Waals surface area contributed by atoms with E-state index in [2.05, 4.69) is 5.32 Å². The van der Waals surface area contributed by atoms with Gasteiger partial charge in [-0.15, -0.1) is 0 Å². The van der Waals surface area contributed by atoms with Gasteiger partial charge in [0.15, 0.2) is 5.78 Å². The number of benzene rings is 1. The van der Waals surface area contributed by atoms with Crippen molar-refractivity contribution in [3.63, 3.8) is 0 Å². The third-order valence-electron chi connectivity index (χ3n) is 2.27. The Morgan fingerprint density at radius 1 is 1.39 bits per heavy atom. The number of hydrogen-bond acceptors (Lipinski definition) is 3. The van der Waals surface area contributed by atoms with Gasteiger partial charge in [-0.1, -0.05) is 36.4 Å². The zero-order chi connectivity index (χ0) is 13.4. The summed E-state index contributed by atoms with van der Waals surface area (Å²) in [6, 6.07) is 8.92. The fourth-order valence-electron chi connectivity index (χ4n) is 1.45. The van der Waals surface area contributed by atoms with E-state index in [1.807, 2.05) is 12.1 Å². The monoisotopic (exact) mass is 242 g/mol. The van der Waals surface area contributed by atoms with Crippen molar-refractivity contribution in [1.82, 2.24) is 5.32 Å². The molecule has 0 atom stereocenters. The maximum Gasteiger partial charge on any atom is 0.217 e. The van der Waals surface area contributed by atoms with Crippen molar-refractivity contribution in [3.05, 3.63) is 41.5 Å². The zero-order valence-corrected chi connectivity index (χ0v) is 10.1. The van der Waals surface area contributed by atoms with E-state index in [0.29, 0.717) is 12.1 Å². The summed E-state index contributed by atoms with van der Waals surface area (Å²) < 4.78 is 0. The summed E-state index contributed by atoms with van der Waals surface area (Å²) in [7, 11) is 0. The van der Waals surface area contributed by atoms with Crippen LogP contribution in [0, 0.1) is 11.3 Å². The predicted octanol–water partition coefficient (Wildman–Crippen LogP) is 1.93. The van der Waals surface area contributed by atoms with Gasteiger partial charge in [0, 0.05) is 19.0 Å². The van der Waals surface area contributed by atoms with Gasteiger partial charge in [-0.2, -0.15) is 5.26 Å². The molecule has 1 amide bonds. The lowest BCUT2D eigenvalue weighted by Gasteiger charge is -2.02. The number of ketones is 1. The van der Waals surface area contributed by atoms with E-state index in [1.54, 1.807) is 30.4 Å². The quantitative estimate of drug-likeness (QED) is 0.802. The number of carbonyl (C=O) groups is 2. The molecule has 0 aliphatic carbocycles. The van der Waals surface area contributed by atoms with Gasteiger partial charge in [-0.25, -0.2) is 0 Å². The highest BCUT2D eigenvalue weighted by Crippen LogP contribution is 2.12. The van der Waals surface area contributed by atoms with Crippen molar-refractivity contribution in [3.8, 4) is 6.07 Å². The molecule has 0 fully saturated rings. The lowest BCUT2D eigenvalue weighted by molar-refractivity contribution is -0.118. The molecule has 0 saturated carbocycles. The van der Waals surface area contributed by atoms with Crippen molar-refractivity contribution < 1.29 is 9.59 Å².